The van der Waals surface area contributed by atoms with Crippen LogP contribution in [0.2, 0.25) is 0 Å². The van der Waals surface area contributed by atoms with Crippen LogP contribution in [0.5, 0.6) is 0 Å². The van der Waals surface area contributed by atoms with Gasteiger partial charge >= 0.3 is 0 Å². The summed E-state index contributed by atoms with van der Waals surface area (Å²) < 4.78 is 13.6. The van der Waals surface area contributed by atoms with Crippen molar-refractivity contribution in [3.05, 3.63) is 114 Å². The van der Waals surface area contributed by atoms with Crippen molar-refractivity contribution in [2.45, 2.75) is 18.0 Å². The number of anilines is 1. The second kappa shape index (κ2) is 7.16. The van der Waals surface area contributed by atoms with Gasteiger partial charge in [0.25, 0.3) is 0 Å². The molecule has 0 bridgehead atoms. The number of benzene rings is 3. The van der Waals surface area contributed by atoms with E-state index in [0.717, 1.165) is 25.2 Å². The van der Waals surface area contributed by atoms with Gasteiger partial charge in [0.1, 0.15) is 5.82 Å². The number of halogens is 1. The van der Waals surface area contributed by atoms with E-state index in [-0.39, 0.29) is 17.3 Å². The summed E-state index contributed by atoms with van der Waals surface area (Å²) in [6.07, 6.45) is 2.12. The summed E-state index contributed by atoms with van der Waals surface area (Å²) in [4.78, 5) is 2.53. The minimum Gasteiger partial charge on any atom is -0.377 e. The highest BCUT2D eigenvalue weighted by Crippen LogP contribution is 2.56. The minimum absolute atomic E-state index is 0.0873. The van der Waals surface area contributed by atoms with Gasteiger partial charge in [-0.1, -0.05) is 66.7 Å². The summed E-state index contributed by atoms with van der Waals surface area (Å²) in [7, 11) is 0. The maximum atomic E-state index is 13.6. The lowest BCUT2D eigenvalue weighted by molar-refractivity contribution is 0.292. The highest BCUT2D eigenvalue weighted by atomic mass is 19.1. The van der Waals surface area contributed by atoms with Crippen LogP contribution in [-0.2, 0) is 12.0 Å². The molecule has 0 radical (unpaired) electrons. The van der Waals surface area contributed by atoms with Crippen LogP contribution in [0.3, 0.4) is 0 Å². The molecule has 2 aliphatic rings. The first-order valence-electron chi connectivity index (χ1n) is 10.2. The summed E-state index contributed by atoms with van der Waals surface area (Å²) in [5, 5.41) is 3.75. The molecular formula is C26H25FN2. The molecule has 2 nitrogen and oxygen atoms in total. The van der Waals surface area contributed by atoms with Gasteiger partial charge in [-0.15, -0.1) is 6.58 Å². The highest BCUT2D eigenvalue weighted by Gasteiger charge is 2.56. The molecule has 1 N–H and O–H groups in total. The summed E-state index contributed by atoms with van der Waals surface area (Å²) in [6.45, 7) is 7.03. The van der Waals surface area contributed by atoms with Gasteiger partial charge in [-0.05, 0) is 34.9 Å². The van der Waals surface area contributed by atoms with E-state index in [1.54, 1.807) is 12.1 Å². The fourth-order valence-electron chi connectivity index (χ4n) is 5.32. The maximum Gasteiger partial charge on any atom is 0.123 e. The molecule has 2 heterocycles. The molecule has 0 aromatic heterocycles. The van der Waals surface area contributed by atoms with Gasteiger partial charge < -0.3 is 5.32 Å². The molecule has 0 saturated carbocycles. The summed E-state index contributed by atoms with van der Waals surface area (Å²) >= 11 is 0. The van der Waals surface area contributed by atoms with Crippen molar-refractivity contribution in [2.24, 2.45) is 5.92 Å². The van der Waals surface area contributed by atoms with E-state index in [0.29, 0.717) is 5.92 Å². The normalized spacial score (nSPS) is 25.7. The molecule has 0 amide bonds. The first kappa shape index (κ1) is 18.1. The molecule has 1 saturated heterocycles. The van der Waals surface area contributed by atoms with Crippen molar-refractivity contribution >= 4 is 5.69 Å². The van der Waals surface area contributed by atoms with Gasteiger partial charge in [-0.2, -0.15) is 0 Å². The van der Waals surface area contributed by atoms with Crippen LogP contribution in [0, 0.1) is 11.7 Å². The molecule has 3 aromatic rings. The van der Waals surface area contributed by atoms with Gasteiger partial charge in [-0.25, -0.2) is 4.39 Å². The number of fused-ring (bicyclic) bond motifs is 2. The van der Waals surface area contributed by atoms with Crippen LogP contribution in [0.15, 0.2) is 91.5 Å². The fourth-order valence-corrected chi connectivity index (χ4v) is 5.32. The summed E-state index contributed by atoms with van der Waals surface area (Å²) in [6, 6.07) is 26.3. The molecule has 3 heteroatoms. The first-order chi connectivity index (χ1) is 14.2. The van der Waals surface area contributed by atoms with Crippen LogP contribution < -0.4 is 5.32 Å². The standard InChI is InChI=1S/C26H25FN2/c1-2-21-17-29(16-19-8-4-3-5-9-19)18-26(21)23-10-6-7-11-24(23)28-25(26)20-12-14-22(27)15-13-20/h2-15,21,25,28H,1,16-18H2/t21-,25-,26+/m0/s1. The third-order valence-electron chi connectivity index (χ3n) is 6.58. The van der Waals surface area contributed by atoms with E-state index in [2.05, 4.69) is 77.5 Å². The molecule has 1 spiro atoms. The van der Waals surface area contributed by atoms with E-state index in [1.807, 2.05) is 12.1 Å². The number of rotatable bonds is 4. The number of para-hydroxylation sites is 1. The number of hydrogen-bond acceptors (Lipinski definition) is 2. The Morgan fingerprint density at radius 3 is 2.48 bits per heavy atom. The Morgan fingerprint density at radius 2 is 1.72 bits per heavy atom. The quantitative estimate of drug-likeness (QED) is 0.594. The monoisotopic (exact) mass is 384 g/mol. The van der Waals surface area contributed by atoms with Gasteiger partial charge in [0.2, 0.25) is 0 Å². The Balaban J connectivity index is 1.57. The number of nitrogens with one attached hydrogen (secondary N) is 1. The van der Waals surface area contributed by atoms with Crippen LogP contribution in [-0.4, -0.2) is 18.0 Å². The third kappa shape index (κ3) is 2.97. The predicted molar refractivity (Wildman–Crippen MR) is 116 cm³/mol. The summed E-state index contributed by atoms with van der Waals surface area (Å²) in [5.74, 6) is 0.105. The lowest BCUT2D eigenvalue weighted by atomic mass is 9.67. The van der Waals surface area contributed by atoms with Crippen molar-refractivity contribution < 1.29 is 4.39 Å². The largest absolute Gasteiger partial charge is 0.377 e. The highest BCUT2D eigenvalue weighted by molar-refractivity contribution is 5.65. The van der Waals surface area contributed by atoms with Crippen LogP contribution in [0.25, 0.3) is 0 Å². The van der Waals surface area contributed by atoms with Crippen molar-refractivity contribution in [3.63, 3.8) is 0 Å². The van der Waals surface area contributed by atoms with Gasteiger partial charge in [-0.3, -0.25) is 4.90 Å². The van der Waals surface area contributed by atoms with Crippen LogP contribution in [0.4, 0.5) is 10.1 Å². The number of nitrogens with zero attached hydrogens (tertiary/aromatic N) is 1. The van der Waals surface area contributed by atoms with E-state index in [4.69, 9.17) is 0 Å². The molecule has 0 aliphatic carbocycles. The Kier molecular flexibility index (Phi) is 4.48. The Bertz CT molecular complexity index is 1010. The average Bonchev–Trinajstić information content (AvgIpc) is 3.28. The Labute approximate surface area is 171 Å². The molecule has 3 atom stereocenters. The summed E-state index contributed by atoms with van der Waals surface area (Å²) in [5.41, 5.74) is 4.84. The van der Waals surface area contributed by atoms with Crippen molar-refractivity contribution in [1.29, 1.82) is 0 Å². The van der Waals surface area contributed by atoms with Gasteiger partial charge in [0.15, 0.2) is 0 Å². The van der Waals surface area contributed by atoms with E-state index < -0.39 is 0 Å². The lowest BCUT2D eigenvalue weighted by Crippen LogP contribution is -2.39. The van der Waals surface area contributed by atoms with E-state index in [1.165, 1.54) is 16.8 Å². The predicted octanol–water partition coefficient (Wildman–Crippen LogP) is 5.55. The molecular weight excluding hydrogens is 359 g/mol. The van der Waals surface area contributed by atoms with Crippen LogP contribution in [0.1, 0.15) is 22.7 Å². The van der Waals surface area contributed by atoms with Crippen molar-refractivity contribution in [3.8, 4) is 0 Å². The first-order valence-corrected chi connectivity index (χ1v) is 10.2. The zero-order chi connectivity index (χ0) is 19.8. The zero-order valence-corrected chi connectivity index (χ0v) is 16.4. The fraction of sp³-hybridized carbons (Fsp3) is 0.231. The topological polar surface area (TPSA) is 15.3 Å². The third-order valence-corrected chi connectivity index (χ3v) is 6.58. The Morgan fingerprint density at radius 1 is 1.00 bits per heavy atom. The SMILES string of the molecule is C=C[C@H]1CN(Cc2ccccc2)C[C@]12c1ccccc1N[C@H]2c1ccc(F)cc1. The smallest absolute Gasteiger partial charge is 0.123 e. The molecule has 2 aliphatic heterocycles. The molecule has 1 fully saturated rings. The van der Waals surface area contributed by atoms with Gasteiger partial charge in [0, 0.05) is 36.7 Å². The second-order valence-corrected chi connectivity index (χ2v) is 8.21. The lowest BCUT2D eigenvalue weighted by Gasteiger charge is -2.36. The minimum atomic E-state index is -0.198. The van der Waals surface area contributed by atoms with E-state index in [9.17, 15) is 4.39 Å². The molecule has 0 unspecified atom stereocenters. The van der Waals surface area contributed by atoms with E-state index >= 15 is 0 Å². The van der Waals surface area contributed by atoms with Crippen LogP contribution >= 0.6 is 0 Å². The number of likely N-dealkylation sites (tertiary alicyclic amines) is 1. The number of hydrogen-bond donors (Lipinski definition) is 1. The average molecular weight is 384 g/mol. The van der Waals surface area contributed by atoms with Crippen molar-refractivity contribution in [2.75, 3.05) is 18.4 Å². The molecule has 3 aromatic carbocycles. The Hall–Kier alpha value is -2.91. The maximum absolute atomic E-state index is 13.6. The van der Waals surface area contributed by atoms with Crippen molar-refractivity contribution in [1.82, 2.24) is 4.90 Å². The zero-order valence-electron chi connectivity index (χ0n) is 16.4. The molecule has 29 heavy (non-hydrogen) atoms. The molecule has 146 valence electrons. The van der Waals surface area contributed by atoms with Gasteiger partial charge in [0.05, 0.1) is 6.04 Å². The second-order valence-electron chi connectivity index (χ2n) is 8.21. The molecule has 5 rings (SSSR count).